The molecular formula is C14H22ClN3O3S. The molecule has 1 aliphatic rings. The largest absolute Gasteiger partial charge is 0.326 e. The van der Waals surface area contributed by atoms with Gasteiger partial charge in [-0.3, -0.25) is 4.79 Å². The zero-order valence-corrected chi connectivity index (χ0v) is 14.6. The molecular weight excluding hydrogens is 326 g/mol. The minimum atomic E-state index is -3.50. The summed E-state index contributed by atoms with van der Waals surface area (Å²) in [5, 5.41) is 5.98. The van der Waals surface area contributed by atoms with E-state index in [1.54, 1.807) is 12.1 Å². The van der Waals surface area contributed by atoms with Crippen LogP contribution in [0.5, 0.6) is 0 Å². The minimum absolute atomic E-state index is 0. The Hall–Kier alpha value is -1.15. The molecule has 1 atom stereocenters. The molecule has 8 heteroatoms. The number of sulfonamides is 1. The molecule has 1 unspecified atom stereocenters. The van der Waals surface area contributed by atoms with Crippen LogP contribution in [-0.2, 0) is 14.8 Å². The molecule has 6 nitrogen and oxygen atoms in total. The van der Waals surface area contributed by atoms with Crippen LogP contribution < -0.4 is 10.6 Å². The van der Waals surface area contributed by atoms with Crippen LogP contribution in [0.3, 0.4) is 0 Å². The highest BCUT2D eigenvalue weighted by Gasteiger charge is 2.36. The second-order valence-corrected chi connectivity index (χ2v) is 7.91. The highest BCUT2D eigenvalue weighted by molar-refractivity contribution is 7.89. The molecule has 1 aromatic rings. The van der Waals surface area contributed by atoms with Gasteiger partial charge in [-0.2, -0.15) is 0 Å². The van der Waals surface area contributed by atoms with Crippen molar-refractivity contribution in [1.82, 2.24) is 9.62 Å². The van der Waals surface area contributed by atoms with Crippen molar-refractivity contribution >= 4 is 34.0 Å². The van der Waals surface area contributed by atoms with Crippen molar-refractivity contribution in [1.29, 1.82) is 0 Å². The van der Waals surface area contributed by atoms with E-state index in [9.17, 15) is 13.2 Å². The molecule has 1 aromatic carbocycles. The smallest absolute Gasteiger partial charge is 0.242 e. The van der Waals surface area contributed by atoms with Gasteiger partial charge in [0.1, 0.15) is 0 Å². The molecule has 22 heavy (non-hydrogen) atoms. The SMILES string of the molecule is CN(C)S(=O)(=O)c1cccc(NC(=O)C2(C)CCNC2)c1.Cl. The molecule has 0 saturated carbocycles. The van der Waals surface area contributed by atoms with Crippen LogP contribution in [0, 0.1) is 5.41 Å². The standard InChI is InChI=1S/C14H21N3O3S.ClH/c1-14(7-8-15-10-14)13(18)16-11-5-4-6-12(9-11)21(19,20)17(2)3;/h4-6,9,15H,7-8,10H2,1-3H3,(H,16,18);1H. The molecule has 2 N–H and O–H groups in total. The molecule has 1 aliphatic heterocycles. The molecule has 0 bridgehead atoms. The summed E-state index contributed by atoms with van der Waals surface area (Å²) >= 11 is 0. The van der Waals surface area contributed by atoms with Gasteiger partial charge < -0.3 is 10.6 Å². The van der Waals surface area contributed by atoms with Crippen LogP contribution in [0.1, 0.15) is 13.3 Å². The third-order valence-corrected chi connectivity index (χ3v) is 5.60. The van der Waals surface area contributed by atoms with Crippen molar-refractivity contribution in [2.45, 2.75) is 18.2 Å². The van der Waals surface area contributed by atoms with Gasteiger partial charge in [-0.1, -0.05) is 6.07 Å². The Labute approximate surface area is 137 Å². The summed E-state index contributed by atoms with van der Waals surface area (Å²) in [5.74, 6) is -0.0908. The number of nitrogens with zero attached hydrogens (tertiary/aromatic N) is 1. The van der Waals surface area contributed by atoms with Crippen LogP contribution in [0.25, 0.3) is 0 Å². The fraction of sp³-hybridized carbons (Fsp3) is 0.500. The quantitative estimate of drug-likeness (QED) is 0.860. The average Bonchev–Trinajstić information content (AvgIpc) is 2.87. The topological polar surface area (TPSA) is 78.5 Å². The van der Waals surface area contributed by atoms with Crippen LogP contribution in [0.2, 0.25) is 0 Å². The summed E-state index contributed by atoms with van der Waals surface area (Å²) in [6, 6.07) is 6.32. The molecule has 1 fully saturated rings. The monoisotopic (exact) mass is 347 g/mol. The normalized spacial score (nSPS) is 21.5. The van der Waals surface area contributed by atoms with Gasteiger partial charge in [-0.15, -0.1) is 12.4 Å². The first-order chi connectivity index (χ1) is 9.75. The summed E-state index contributed by atoms with van der Waals surface area (Å²) in [7, 11) is -0.544. The Morgan fingerprint density at radius 2 is 2.05 bits per heavy atom. The van der Waals surface area contributed by atoms with Crippen molar-refractivity contribution in [3.05, 3.63) is 24.3 Å². The average molecular weight is 348 g/mol. The van der Waals surface area contributed by atoms with E-state index >= 15 is 0 Å². The van der Waals surface area contributed by atoms with Crippen molar-refractivity contribution in [3.8, 4) is 0 Å². The fourth-order valence-corrected chi connectivity index (χ4v) is 3.19. The number of carbonyl (C=O) groups excluding carboxylic acids is 1. The van der Waals surface area contributed by atoms with Gasteiger partial charge in [0.25, 0.3) is 0 Å². The third kappa shape index (κ3) is 3.78. The molecule has 1 amide bonds. The zero-order chi connectivity index (χ0) is 15.7. The fourth-order valence-electron chi connectivity index (χ4n) is 2.24. The Morgan fingerprint density at radius 1 is 1.36 bits per heavy atom. The predicted molar refractivity (Wildman–Crippen MR) is 88.8 cm³/mol. The van der Waals surface area contributed by atoms with Crippen molar-refractivity contribution in [2.75, 3.05) is 32.5 Å². The van der Waals surface area contributed by atoms with E-state index < -0.39 is 15.4 Å². The Kier molecular flexibility index (Phi) is 5.97. The maximum atomic E-state index is 12.3. The van der Waals surface area contributed by atoms with Gasteiger partial charge in [0.15, 0.2) is 0 Å². The molecule has 1 saturated heterocycles. The summed E-state index contributed by atoms with van der Waals surface area (Å²) < 4.78 is 25.3. The minimum Gasteiger partial charge on any atom is -0.326 e. The number of anilines is 1. The first-order valence-electron chi connectivity index (χ1n) is 6.80. The van der Waals surface area contributed by atoms with Gasteiger partial charge in [0, 0.05) is 26.3 Å². The van der Waals surface area contributed by atoms with Gasteiger partial charge in [0.2, 0.25) is 15.9 Å². The van der Waals surface area contributed by atoms with E-state index in [1.165, 1.54) is 26.2 Å². The lowest BCUT2D eigenvalue weighted by Crippen LogP contribution is -2.35. The number of carbonyl (C=O) groups is 1. The van der Waals surface area contributed by atoms with Crippen molar-refractivity contribution in [2.24, 2.45) is 5.41 Å². The Balaban J connectivity index is 0.00000242. The molecule has 2 rings (SSSR count). The highest BCUT2D eigenvalue weighted by Crippen LogP contribution is 2.27. The summed E-state index contributed by atoms with van der Waals surface area (Å²) in [4.78, 5) is 12.5. The number of hydrogen-bond donors (Lipinski definition) is 2. The van der Waals surface area contributed by atoms with Crippen LogP contribution >= 0.6 is 12.4 Å². The Bertz CT molecular complexity index is 640. The Morgan fingerprint density at radius 3 is 2.59 bits per heavy atom. The second-order valence-electron chi connectivity index (χ2n) is 5.76. The number of amides is 1. The van der Waals surface area contributed by atoms with E-state index in [1.807, 2.05) is 6.92 Å². The van der Waals surface area contributed by atoms with E-state index in [-0.39, 0.29) is 23.2 Å². The van der Waals surface area contributed by atoms with Gasteiger partial charge in [-0.05, 0) is 38.1 Å². The molecule has 0 radical (unpaired) electrons. The van der Waals surface area contributed by atoms with Crippen LogP contribution in [0.4, 0.5) is 5.69 Å². The summed E-state index contributed by atoms with van der Waals surface area (Å²) in [6.45, 7) is 3.36. The summed E-state index contributed by atoms with van der Waals surface area (Å²) in [5.41, 5.74) is 0.0484. The van der Waals surface area contributed by atoms with Gasteiger partial charge in [0.05, 0.1) is 10.3 Å². The third-order valence-electron chi connectivity index (χ3n) is 3.79. The van der Waals surface area contributed by atoms with E-state index in [0.717, 1.165) is 17.3 Å². The molecule has 0 aliphatic carbocycles. The molecule has 124 valence electrons. The second kappa shape index (κ2) is 6.95. The van der Waals surface area contributed by atoms with E-state index in [0.29, 0.717) is 12.2 Å². The number of rotatable bonds is 4. The number of halogens is 1. The number of nitrogens with one attached hydrogen (secondary N) is 2. The molecule has 0 spiro atoms. The highest BCUT2D eigenvalue weighted by atomic mass is 35.5. The van der Waals surface area contributed by atoms with E-state index in [4.69, 9.17) is 0 Å². The van der Waals surface area contributed by atoms with Crippen molar-refractivity contribution < 1.29 is 13.2 Å². The molecule has 0 aromatic heterocycles. The zero-order valence-electron chi connectivity index (χ0n) is 12.9. The number of hydrogen-bond acceptors (Lipinski definition) is 4. The van der Waals surface area contributed by atoms with Gasteiger partial charge >= 0.3 is 0 Å². The lowest BCUT2D eigenvalue weighted by Gasteiger charge is -2.21. The summed E-state index contributed by atoms with van der Waals surface area (Å²) in [6.07, 6.45) is 0.772. The first-order valence-corrected chi connectivity index (χ1v) is 8.24. The van der Waals surface area contributed by atoms with E-state index in [2.05, 4.69) is 10.6 Å². The molecule has 1 heterocycles. The first kappa shape index (κ1) is 18.9. The van der Waals surface area contributed by atoms with Crippen LogP contribution in [-0.4, -0.2) is 45.8 Å². The lowest BCUT2D eigenvalue weighted by molar-refractivity contribution is -0.123. The maximum Gasteiger partial charge on any atom is 0.242 e. The van der Waals surface area contributed by atoms with Crippen LogP contribution in [0.15, 0.2) is 29.2 Å². The predicted octanol–water partition coefficient (Wildman–Crippen LogP) is 1.30. The lowest BCUT2D eigenvalue weighted by atomic mass is 9.89. The number of benzene rings is 1. The van der Waals surface area contributed by atoms with Crippen molar-refractivity contribution in [3.63, 3.8) is 0 Å². The maximum absolute atomic E-state index is 12.3. The van der Waals surface area contributed by atoms with Gasteiger partial charge in [-0.25, -0.2) is 12.7 Å².